The third-order valence-corrected chi connectivity index (χ3v) is 5.72. The third-order valence-electron chi connectivity index (χ3n) is 3.64. The van der Waals surface area contributed by atoms with Gasteiger partial charge in [-0.15, -0.1) is 11.8 Å². The Labute approximate surface area is 154 Å². The zero-order valence-corrected chi connectivity index (χ0v) is 16.2. The van der Waals surface area contributed by atoms with E-state index in [2.05, 4.69) is 80.8 Å². The fourth-order valence-corrected chi connectivity index (χ4v) is 3.66. The van der Waals surface area contributed by atoms with Crippen LogP contribution in [0.1, 0.15) is 25.8 Å². The summed E-state index contributed by atoms with van der Waals surface area (Å²) in [6, 6.07) is 18.8. The van der Waals surface area contributed by atoms with E-state index in [0.29, 0.717) is 5.92 Å². The summed E-state index contributed by atoms with van der Waals surface area (Å²) >= 11 is 3.57. The molecule has 1 atom stereocenters. The van der Waals surface area contributed by atoms with Gasteiger partial charge in [0.15, 0.2) is 0 Å². The molecule has 0 N–H and O–H groups in total. The van der Waals surface area contributed by atoms with E-state index in [-0.39, 0.29) is 0 Å². The quantitative estimate of drug-likeness (QED) is 0.298. The van der Waals surface area contributed by atoms with Crippen LogP contribution in [-0.4, -0.2) is 10.8 Å². The van der Waals surface area contributed by atoms with Gasteiger partial charge >= 0.3 is 0 Å². The smallest absolute Gasteiger partial charge is 0.0972 e. The lowest BCUT2D eigenvalue weighted by atomic mass is 10.2. The fourth-order valence-electron chi connectivity index (χ4n) is 1.88. The largest absolute Gasteiger partial charge is 0.242 e. The molecule has 0 aliphatic heterocycles. The van der Waals surface area contributed by atoms with E-state index >= 15 is 0 Å². The van der Waals surface area contributed by atoms with Crippen molar-refractivity contribution in [3.05, 3.63) is 71.6 Å². The van der Waals surface area contributed by atoms with E-state index in [1.54, 1.807) is 11.8 Å². The number of benzene rings is 2. The monoisotopic (exact) mass is 355 g/mol. The molecule has 0 radical (unpaired) electrons. The average Bonchev–Trinajstić information content (AvgIpc) is 2.62. The minimum atomic E-state index is 0.702. The Morgan fingerprint density at radius 1 is 1.08 bits per heavy atom. The zero-order chi connectivity index (χ0) is 17.2. The minimum Gasteiger partial charge on any atom is -0.242 e. The highest BCUT2D eigenvalue weighted by molar-refractivity contribution is 8.14. The Kier molecular flexibility index (Phi) is 8.20. The van der Waals surface area contributed by atoms with Gasteiger partial charge in [0, 0.05) is 10.6 Å². The maximum Gasteiger partial charge on any atom is 0.0972 e. The molecule has 2 rings (SSSR count). The van der Waals surface area contributed by atoms with E-state index in [1.807, 2.05) is 17.8 Å². The lowest BCUT2D eigenvalue weighted by Gasteiger charge is -2.08. The molecule has 3 heteroatoms. The average molecular weight is 356 g/mol. The molecule has 1 unspecified atom stereocenters. The Balaban J connectivity index is 2.08. The van der Waals surface area contributed by atoms with Gasteiger partial charge in [0.25, 0.3) is 0 Å². The first kappa shape index (κ1) is 18.9. The first-order valence-corrected chi connectivity index (χ1v) is 10.2. The van der Waals surface area contributed by atoms with Crippen molar-refractivity contribution in [3.63, 3.8) is 0 Å². The van der Waals surface area contributed by atoms with Crippen molar-refractivity contribution in [1.29, 1.82) is 0 Å². The topological polar surface area (TPSA) is 12.4 Å². The van der Waals surface area contributed by atoms with Gasteiger partial charge in [-0.1, -0.05) is 67.9 Å². The van der Waals surface area contributed by atoms with E-state index in [0.717, 1.165) is 16.5 Å². The second kappa shape index (κ2) is 10.4. The first-order valence-electron chi connectivity index (χ1n) is 8.33. The lowest BCUT2D eigenvalue weighted by Crippen LogP contribution is -1.99. The van der Waals surface area contributed by atoms with Gasteiger partial charge in [0.2, 0.25) is 0 Å². The molecule has 0 aromatic heterocycles. The van der Waals surface area contributed by atoms with Crippen LogP contribution < -0.4 is 0 Å². The summed E-state index contributed by atoms with van der Waals surface area (Å²) in [5, 5.41) is 3.20. The number of hydrogen-bond donors (Lipinski definition) is 0. The molecule has 0 heterocycles. The number of hydrogen-bond acceptors (Lipinski definition) is 3. The normalized spacial score (nSPS) is 13.4. The van der Waals surface area contributed by atoms with Crippen molar-refractivity contribution in [2.45, 2.75) is 32.1 Å². The fraction of sp³-hybridized carbons (Fsp3) is 0.286. The summed E-state index contributed by atoms with van der Waals surface area (Å²) in [5.41, 5.74) is 2.28. The van der Waals surface area contributed by atoms with Crippen molar-refractivity contribution >= 4 is 34.3 Å². The summed E-state index contributed by atoms with van der Waals surface area (Å²) in [6.07, 6.45) is 3.33. The second-order valence-electron chi connectivity index (χ2n) is 5.84. The maximum absolute atomic E-state index is 4.82. The molecule has 2 aromatic carbocycles. The number of aryl methyl sites for hydroxylation is 1. The molecule has 0 saturated heterocycles. The Morgan fingerprint density at radius 2 is 1.79 bits per heavy atom. The Bertz CT molecular complexity index is 660. The molecule has 126 valence electrons. The minimum absolute atomic E-state index is 0.702. The third kappa shape index (κ3) is 6.98. The maximum atomic E-state index is 4.82. The van der Waals surface area contributed by atoms with E-state index in [9.17, 15) is 0 Å². The number of rotatable bonds is 7. The standard InChI is InChI=1S/C21H25NS2/c1-4-17(2)16-24-21(22-19-12-10-18(3)11-13-19)14-15-23-20-8-6-5-7-9-20/h5-15,17H,4,16H2,1-3H3. The summed E-state index contributed by atoms with van der Waals surface area (Å²) in [7, 11) is 0. The lowest BCUT2D eigenvalue weighted by molar-refractivity contribution is 0.638. The van der Waals surface area contributed by atoms with Gasteiger partial charge in [-0.05, 0) is 48.6 Å². The van der Waals surface area contributed by atoms with E-state index < -0.39 is 0 Å². The van der Waals surface area contributed by atoms with Gasteiger partial charge < -0.3 is 0 Å². The molecule has 0 aliphatic rings. The molecule has 1 nitrogen and oxygen atoms in total. The summed E-state index contributed by atoms with van der Waals surface area (Å²) < 4.78 is 0. The molecule has 24 heavy (non-hydrogen) atoms. The van der Waals surface area contributed by atoms with Crippen LogP contribution >= 0.6 is 23.5 Å². The summed E-state index contributed by atoms with van der Waals surface area (Å²) in [6.45, 7) is 6.63. The van der Waals surface area contributed by atoms with Crippen LogP contribution in [0.2, 0.25) is 0 Å². The van der Waals surface area contributed by atoms with Crippen molar-refractivity contribution in [3.8, 4) is 0 Å². The molecular formula is C21H25NS2. The van der Waals surface area contributed by atoms with Crippen LogP contribution in [0.15, 0.2) is 76.0 Å². The molecular weight excluding hydrogens is 330 g/mol. The number of nitrogens with zero attached hydrogens (tertiary/aromatic N) is 1. The Morgan fingerprint density at radius 3 is 2.46 bits per heavy atom. The van der Waals surface area contributed by atoms with Gasteiger partial charge in [-0.25, -0.2) is 4.99 Å². The van der Waals surface area contributed by atoms with E-state index in [4.69, 9.17) is 4.99 Å². The number of thioether (sulfide) groups is 2. The predicted octanol–water partition coefficient (Wildman–Crippen LogP) is 7.11. The molecule has 0 saturated carbocycles. The highest BCUT2D eigenvalue weighted by Crippen LogP contribution is 2.22. The Hall–Kier alpha value is -1.45. The highest BCUT2D eigenvalue weighted by Gasteiger charge is 2.03. The van der Waals surface area contributed by atoms with Crippen LogP contribution in [0.25, 0.3) is 0 Å². The summed E-state index contributed by atoms with van der Waals surface area (Å²) in [5.74, 6) is 1.80. The number of aliphatic imine (C=N–C) groups is 1. The van der Waals surface area contributed by atoms with Gasteiger partial charge in [0.1, 0.15) is 0 Å². The molecule has 0 fully saturated rings. The van der Waals surface area contributed by atoms with Crippen LogP contribution in [0.4, 0.5) is 5.69 Å². The van der Waals surface area contributed by atoms with Crippen LogP contribution in [-0.2, 0) is 0 Å². The molecule has 0 bridgehead atoms. The van der Waals surface area contributed by atoms with Gasteiger partial charge in [0.05, 0.1) is 10.7 Å². The molecule has 2 aromatic rings. The van der Waals surface area contributed by atoms with E-state index in [1.165, 1.54) is 16.9 Å². The van der Waals surface area contributed by atoms with Crippen molar-refractivity contribution < 1.29 is 0 Å². The second-order valence-corrected chi connectivity index (χ2v) is 7.86. The molecule has 0 spiro atoms. The first-order chi connectivity index (χ1) is 11.7. The van der Waals surface area contributed by atoms with Crippen LogP contribution in [0, 0.1) is 12.8 Å². The zero-order valence-electron chi connectivity index (χ0n) is 14.6. The van der Waals surface area contributed by atoms with Crippen LogP contribution in [0.5, 0.6) is 0 Å². The summed E-state index contributed by atoms with van der Waals surface area (Å²) in [4.78, 5) is 6.06. The highest BCUT2D eigenvalue weighted by atomic mass is 32.2. The van der Waals surface area contributed by atoms with Gasteiger partial charge in [-0.2, -0.15) is 0 Å². The van der Waals surface area contributed by atoms with Crippen LogP contribution in [0.3, 0.4) is 0 Å². The van der Waals surface area contributed by atoms with Crippen molar-refractivity contribution in [2.24, 2.45) is 10.9 Å². The van der Waals surface area contributed by atoms with Gasteiger partial charge in [-0.3, -0.25) is 0 Å². The molecule has 0 amide bonds. The predicted molar refractivity (Wildman–Crippen MR) is 112 cm³/mol. The van der Waals surface area contributed by atoms with Crippen molar-refractivity contribution in [1.82, 2.24) is 0 Å². The van der Waals surface area contributed by atoms with Crippen molar-refractivity contribution in [2.75, 3.05) is 5.75 Å². The SMILES string of the molecule is CCC(C)CSC(C=CSc1ccccc1)=Nc1ccc(C)cc1. The molecule has 0 aliphatic carbocycles.